The lowest BCUT2D eigenvalue weighted by Gasteiger charge is -2.24. The van der Waals surface area contributed by atoms with E-state index in [9.17, 15) is 19.8 Å². The number of carbonyl (C=O) groups is 1. The van der Waals surface area contributed by atoms with Gasteiger partial charge in [-0.1, -0.05) is 6.07 Å². The van der Waals surface area contributed by atoms with Gasteiger partial charge < -0.3 is 30.7 Å². The normalized spacial score (nSPS) is 13.9. The standard InChI is InChI=1S/C16H19N5O4/c1-2-17-15(24)10(9-3-4-11(22)12(23)5-9)6-21-8-20-13-14(21)18-7-19-16(13)25/h3-5,7,10,20,22-23H,2,6,8H2,1H3,(H,17,24)(H,18,19,25). The maximum atomic E-state index is 12.5. The quantitative estimate of drug-likeness (QED) is 0.492. The van der Waals surface area contributed by atoms with Crippen LogP contribution in [0.2, 0.25) is 0 Å². The van der Waals surface area contributed by atoms with Gasteiger partial charge in [0.1, 0.15) is 5.69 Å². The topological polar surface area (TPSA) is 131 Å². The summed E-state index contributed by atoms with van der Waals surface area (Å²) in [6, 6.07) is 4.30. The van der Waals surface area contributed by atoms with Crippen molar-refractivity contribution in [2.75, 3.05) is 30.0 Å². The second-order valence-electron chi connectivity index (χ2n) is 5.68. The number of likely N-dealkylation sites (N-methyl/N-ethyl adjacent to an activating group) is 1. The van der Waals surface area contributed by atoms with Crippen LogP contribution in [0.15, 0.2) is 29.3 Å². The van der Waals surface area contributed by atoms with E-state index < -0.39 is 5.92 Å². The lowest BCUT2D eigenvalue weighted by molar-refractivity contribution is -0.122. The number of hydrogen-bond donors (Lipinski definition) is 5. The highest BCUT2D eigenvalue weighted by Gasteiger charge is 2.29. The number of rotatable bonds is 5. The van der Waals surface area contributed by atoms with Gasteiger partial charge in [0.15, 0.2) is 17.3 Å². The molecule has 5 N–H and O–H groups in total. The zero-order valence-corrected chi connectivity index (χ0v) is 13.6. The van der Waals surface area contributed by atoms with Crippen molar-refractivity contribution in [1.29, 1.82) is 0 Å². The molecule has 0 bridgehead atoms. The Morgan fingerprint density at radius 3 is 2.92 bits per heavy atom. The first-order chi connectivity index (χ1) is 12.0. The monoisotopic (exact) mass is 345 g/mol. The van der Waals surface area contributed by atoms with Crippen molar-refractivity contribution in [2.45, 2.75) is 12.8 Å². The Morgan fingerprint density at radius 1 is 1.40 bits per heavy atom. The van der Waals surface area contributed by atoms with Gasteiger partial charge in [0.25, 0.3) is 5.56 Å². The van der Waals surface area contributed by atoms with E-state index in [1.807, 2.05) is 6.92 Å². The second kappa shape index (κ2) is 6.71. The SMILES string of the molecule is CCNC(=O)C(CN1CNc2c1nc[nH]c2=O)c1ccc(O)c(O)c1. The van der Waals surface area contributed by atoms with E-state index in [0.717, 1.165) is 0 Å². The molecule has 9 heteroatoms. The summed E-state index contributed by atoms with van der Waals surface area (Å²) in [4.78, 5) is 32.8. The molecule has 0 saturated heterocycles. The van der Waals surface area contributed by atoms with Crippen molar-refractivity contribution in [2.24, 2.45) is 0 Å². The average Bonchev–Trinajstić information content (AvgIpc) is 3.00. The molecular formula is C16H19N5O4. The van der Waals surface area contributed by atoms with Crippen LogP contribution in [0.1, 0.15) is 18.4 Å². The zero-order valence-electron chi connectivity index (χ0n) is 13.6. The summed E-state index contributed by atoms with van der Waals surface area (Å²) >= 11 is 0. The molecule has 9 nitrogen and oxygen atoms in total. The molecule has 1 aliphatic heterocycles. The molecule has 1 unspecified atom stereocenters. The zero-order chi connectivity index (χ0) is 18.0. The first-order valence-corrected chi connectivity index (χ1v) is 7.87. The molecule has 1 aliphatic rings. The molecule has 2 aromatic rings. The summed E-state index contributed by atoms with van der Waals surface area (Å²) in [5.74, 6) is -0.895. The van der Waals surface area contributed by atoms with Gasteiger partial charge in [-0.3, -0.25) is 9.59 Å². The number of amides is 1. The molecular weight excluding hydrogens is 326 g/mol. The molecule has 1 aromatic heterocycles. The summed E-state index contributed by atoms with van der Waals surface area (Å²) in [7, 11) is 0. The van der Waals surface area contributed by atoms with Crippen LogP contribution in [0.25, 0.3) is 0 Å². The van der Waals surface area contributed by atoms with Crippen LogP contribution in [0, 0.1) is 0 Å². The lowest BCUT2D eigenvalue weighted by atomic mass is 9.97. The molecule has 0 aliphatic carbocycles. The Labute approximate surface area is 143 Å². The third-order valence-corrected chi connectivity index (χ3v) is 4.05. The molecule has 0 saturated carbocycles. The maximum absolute atomic E-state index is 12.5. The molecule has 132 valence electrons. The molecule has 2 heterocycles. The highest BCUT2D eigenvalue weighted by atomic mass is 16.3. The van der Waals surface area contributed by atoms with Crippen molar-refractivity contribution in [3.63, 3.8) is 0 Å². The minimum absolute atomic E-state index is 0.217. The molecule has 0 fully saturated rings. The lowest BCUT2D eigenvalue weighted by Crippen LogP contribution is -2.37. The number of phenols is 2. The first kappa shape index (κ1) is 16.6. The number of benzene rings is 1. The summed E-state index contributed by atoms with van der Waals surface area (Å²) < 4.78 is 0. The number of H-pyrrole nitrogens is 1. The van der Waals surface area contributed by atoms with Crippen LogP contribution in [0.5, 0.6) is 11.5 Å². The van der Waals surface area contributed by atoms with E-state index in [0.29, 0.717) is 30.3 Å². The van der Waals surface area contributed by atoms with Crippen LogP contribution in [-0.2, 0) is 4.79 Å². The molecule has 3 rings (SSSR count). The summed E-state index contributed by atoms with van der Waals surface area (Å²) in [5.41, 5.74) is 0.648. The number of anilines is 2. The number of nitrogens with one attached hydrogen (secondary N) is 3. The predicted molar refractivity (Wildman–Crippen MR) is 91.9 cm³/mol. The minimum atomic E-state index is -0.611. The Kier molecular flexibility index (Phi) is 4.46. The van der Waals surface area contributed by atoms with Crippen LogP contribution < -0.4 is 21.1 Å². The number of hydrogen-bond acceptors (Lipinski definition) is 7. The van der Waals surface area contributed by atoms with Crippen LogP contribution in [0.4, 0.5) is 11.5 Å². The molecule has 1 atom stereocenters. The largest absolute Gasteiger partial charge is 0.504 e. The second-order valence-corrected chi connectivity index (χ2v) is 5.68. The Balaban J connectivity index is 1.92. The smallest absolute Gasteiger partial charge is 0.276 e. The van der Waals surface area contributed by atoms with Crippen molar-refractivity contribution in [1.82, 2.24) is 15.3 Å². The number of fused-ring (bicyclic) bond motifs is 1. The number of aromatic hydroxyl groups is 2. The van der Waals surface area contributed by atoms with Gasteiger partial charge >= 0.3 is 0 Å². The Morgan fingerprint density at radius 2 is 2.20 bits per heavy atom. The van der Waals surface area contributed by atoms with Crippen LogP contribution in [-0.4, -0.2) is 45.8 Å². The van der Waals surface area contributed by atoms with Gasteiger partial charge in [-0.2, -0.15) is 0 Å². The molecule has 0 radical (unpaired) electrons. The van der Waals surface area contributed by atoms with E-state index in [4.69, 9.17) is 0 Å². The van der Waals surface area contributed by atoms with Gasteiger partial charge in [-0.25, -0.2) is 4.98 Å². The van der Waals surface area contributed by atoms with Crippen LogP contribution in [0.3, 0.4) is 0 Å². The Hall–Kier alpha value is -3.23. The van der Waals surface area contributed by atoms with E-state index in [1.165, 1.54) is 18.5 Å². The van der Waals surface area contributed by atoms with Crippen molar-refractivity contribution in [3.05, 3.63) is 40.4 Å². The predicted octanol–water partition coefficient (Wildman–Crippen LogP) is 0.290. The summed E-state index contributed by atoms with van der Waals surface area (Å²) in [6.07, 6.45) is 1.31. The van der Waals surface area contributed by atoms with E-state index in [-0.39, 0.29) is 29.5 Å². The molecule has 1 aromatic carbocycles. The van der Waals surface area contributed by atoms with Crippen molar-refractivity contribution >= 4 is 17.4 Å². The van der Waals surface area contributed by atoms with Crippen LogP contribution >= 0.6 is 0 Å². The number of aromatic nitrogens is 2. The van der Waals surface area contributed by atoms with E-state index in [1.54, 1.807) is 11.0 Å². The molecule has 0 spiro atoms. The summed E-state index contributed by atoms with van der Waals surface area (Å²) in [6.45, 7) is 2.88. The van der Waals surface area contributed by atoms with Gasteiger partial charge in [0.05, 0.1) is 18.9 Å². The fourth-order valence-electron chi connectivity index (χ4n) is 2.80. The van der Waals surface area contributed by atoms with Gasteiger partial charge in [0.2, 0.25) is 5.91 Å². The van der Waals surface area contributed by atoms with Gasteiger partial charge in [-0.15, -0.1) is 0 Å². The third-order valence-electron chi connectivity index (χ3n) is 4.05. The number of aromatic amines is 1. The molecule has 25 heavy (non-hydrogen) atoms. The summed E-state index contributed by atoms with van der Waals surface area (Å²) in [5, 5.41) is 25.0. The fourth-order valence-corrected chi connectivity index (χ4v) is 2.80. The van der Waals surface area contributed by atoms with Crippen molar-refractivity contribution in [3.8, 4) is 11.5 Å². The van der Waals surface area contributed by atoms with Gasteiger partial charge in [-0.05, 0) is 24.6 Å². The maximum Gasteiger partial charge on any atom is 0.276 e. The highest BCUT2D eigenvalue weighted by molar-refractivity contribution is 5.85. The Bertz CT molecular complexity index is 851. The average molecular weight is 345 g/mol. The molecule has 1 amide bonds. The van der Waals surface area contributed by atoms with E-state index in [2.05, 4.69) is 20.6 Å². The minimum Gasteiger partial charge on any atom is -0.504 e. The van der Waals surface area contributed by atoms with Gasteiger partial charge in [0, 0.05) is 13.1 Å². The fraction of sp³-hybridized carbons (Fsp3) is 0.312. The number of phenolic OH excluding ortho intramolecular Hbond substituents is 2. The van der Waals surface area contributed by atoms with E-state index >= 15 is 0 Å². The third kappa shape index (κ3) is 3.21. The van der Waals surface area contributed by atoms with Crippen molar-refractivity contribution < 1.29 is 15.0 Å². The number of carbonyl (C=O) groups excluding carboxylic acids is 1. The first-order valence-electron chi connectivity index (χ1n) is 7.87. The number of nitrogens with zero attached hydrogens (tertiary/aromatic N) is 2. The highest BCUT2D eigenvalue weighted by Crippen LogP contribution is 2.31.